The van der Waals surface area contributed by atoms with E-state index in [1.165, 1.54) is 6.92 Å². The maximum Gasteiger partial charge on any atom is 0.308 e. The number of carbonyl (C=O) groups excluding carboxylic acids is 2. The van der Waals surface area contributed by atoms with E-state index in [1.807, 2.05) is 34.6 Å². The van der Waals surface area contributed by atoms with Gasteiger partial charge in [-0.2, -0.15) is 0 Å². The zero-order valence-electron chi connectivity index (χ0n) is 43.5. The zero-order chi connectivity index (χ0) is 55.0. The second kappa shape index (κ2) is 28.3. The number of esters is 2. The summed E-state index contributed by atoms with van der Waals surface area (Å²) in [6.45, 7) is 13.0. The first-order chi connectivity index (χ1) is 34.8. The first-order valence-electron chi connectivity index (χ1n) is 26.1. The number of aliphatic hydroxyl groups is 13. The van der Waals surface area contributed by atoms with Crippen LogP contribution in [0.5, 0.6) is 0 Å². The molecule has 0 radical (unpaired) electrons. The minimum atomic E-state index is -1.83. The maximum atomic E-state index is 13.7. The molecular weight excluding hydrogens is 989 g/mol. The van der Waals surface area contributed by atoms with Crippen molar-refractivity contribution in [2.24, 2.45) is 29.6 Å². The summed E-state index contributed by atoms with van der Waals surface area (Å²) in [7, 11) is 0. The molecule has 25 nitrogen and oxygen atoms in total. The number of hydrogen-bond acceptors (Lipinski definition) is 25. The molecule has 1 saturated carbocycles. The molecule has 4 heterocycles. The van der Waals surface area contributed by atoms with Crippen LogP contribution in [-0.2, 0) is 57.0 Å². The van der Waals surface area contributed by atoms with E-state index in [2.05, 4.69) is 0 Å². The van der Waals surface area contributed by atoms with Crippen molar-refractivity contribution in [1.82, 2.24) is 0 Å². The van der Waals surface area contributed by atoms with Gasteiger partial charge in [0.15, 0.2) is 31.3 Å². The van der Waals surface area contributed by atoms with Gasteiger partial charge in [0.1, 0.15) is 85.5 Å². The molecule has 4 saturated heterocycles. The summed E-state index contributed by atoms with van der Waals surface area (Å²) in [6.07, 6.45) is -33.4. The highest BCUT2D eigenvalue weighted by Gasteiger charge is 2.54. The van der Waals surface area contributed by atoms with E-state index in [1.54, 1.807) is 13.8 Å². The molecule has 5 fully saturated rings. The Kier molecular flexibility index (Phi) is 24.1. The van der Waals surface area contributed by atoms with Crippen LogP contribution < -0.4 is 0 Å². The second-order valence-electron chi connectivity index (χ2n) is 21.4. The number of aliphatic hydroxyl groups excluding tert-OH is 13. The molecule has 0 aromatic carbocycles. The van der Waals surface area contributed by atoms with Gasteiger partial charge in [0.05, 0.1) is 63.2 Å². The summed E-state index contributed by atoms with van der Waals surface area (Å²) in [5, 5.41) is 139. The molecule has 0 bridgehead atoms. The van der Waals surface area contributed by atoms with Crippen LogP contribution in [0.1, 0.15) is 100 Å². The quantitative estimate of drug-likeness (QED) is 0.0424. The molecule has 22 unspecified atom stereocenters. The second-order valence-corrected chi connectivity index (χ2v) is 21.4. The van der Waals surface area contributed by atoms with Crippen molar-refractivity contribution in [2.45, 2.75) is 248 Å². The zero-order valence-corrected chi connectivity index (χ0v) is 43.5. The molecule has 1 aliphatic carbocycles. The Morgan fingerprint density at radius 2 is 1.09 bits per heavy atom. The van der Waals surface area contributed by atoms with E-state index in [4.69, 9.17) is 47.4 Å². The molecule has 28 atom stereocenters. The highest BCUT2D eigenvalue weighted by atomic mass is 16.8. The van der Waals surface area contributed by atoms with Crippen LogP contribution in [0.2, 0.25) is 0 Å². The monoisotopic (exact) mass is 1070 g/mol. The smallest absolute Gasteiger partial charge is 0.308 e. The van der Waals surface area contributed by atoms with Crippen LogP contribution in [0, 0.1) is 29.6 Å². The van der Waals surface area contributed by atoms with Crippen LogP contribution in [-0.4, -0.2) is 245 Å². The largest absolute Gasteiger partial charge is 0.462 e. The predicted octanol–water partition coefficient (Wildman–Crippen LogP) is -3.18. The first-order valence-corrected chi connectivity index (χ1v) is 26.1. The van der Waals surface area contributed by atoms with E-state index >= 15 is 0 Å². The van der Waals surface area contributed by atoms with Crippen molar-refractivity contribution < 1.29 is 123 Å². The lowest BCUT2D eigenvalue weighted by atomic mass is 9.71. The van der Waals surface area contributed by atoms with Gasteiger partial charge in [0.25, 0.3) is 0 Å². The van der Waals surface area contributed by atoms with Crippen molar-refractivity contribution in [3.05, 3.63) is 0 Å². The number of hydrogen-bond donors (Lipinski definition) is 13. The van der Waals surface area contributed by atoms with Crippen LogP contribution in [0.15, 0.2) is 0 Å². The third-order valence-electron chi connectivity index (χ3n) is 15.4. The van der Waals surface area contributed by atoms with E-state index in [0.29, 0.717) is 19.3 Å². The summed E-state index contributed by atoms with van der Waals surface area (Å²) < 4.78 is 57.7. The predicted molar refractivity (Wildman–Crippen MR) is 250 cm³/mol. The summed E-state index contributed by atoms with van der Waals surface area (Å²) >= 11 is 0. The first kappa shape index (κ1) is 62.9. The van der Waals surface area contributed by atoms with Crippen molar-refractivity contribution in [3.8, 4) is 0 Å². The third kappa shape index (κ3) is 15.7. The number of carbonyl (C=O) groups is 2. The van der Waals surface area contributed by atoms with Gasteiger partial charge in [-0.25, -0.2) is 0 Å². The van der Waals surface area contributed by atoms with Crippen LogP contribution >= 0.6 is 0 Å². The van der Waals surface area contributed by atoms with Crippen LogP contribution in [0.25, 0.3) is 0 Å². The van der Waals surface area contributed by atoms with Gasteiger partial charge in [0, 0.05) is 12.8 Å². The highest BCUT2D eigenvalue weighted by Crippen LogP contribution is 2.40. The topological polar surface area (TPSA) is 389 Å². The number of rotatable bonds is 24. The fraction of sp³-hybridized carbons (Fsp3) is 0.959. The molecule has 0 amide bonds. The normalized spacial score (nSPS) is 42.5. The van der Waals surface area contributed by atoms with Gasteiger partial charge in [-0.3, -0.25) is 9.59 Å². The average Bonchev–Trinajstić information content (AvgIpc) is 3.62. The molecule has 13 N–H and O–H groups in total. The Morgan fingerprint density at radius 3 is 1.69 bits per heavy atom. The summed E-state index contributed by atoms with van der Waals surface area (Å²) in [5.74, 6) is -3.13. The molecule has 25 heteroatoms. The van der Waals surface area contributed by atoms with Gasteiger partial charge in [0.2, 0.25) is 0 Å². The average molecular weight is 1080 g/mol. The lowest BCUT2D eigenvalue weighted by Gasteiger charge is -2.49. The Morgan fingerprint density at radius 1 is 0.568 bits per heavy atom. The highest BCUT2D eigenvalue weighted by molar-refractivity contribution is 5.71. The molecule has 74 heavy (non-hydrogen) atoms. The van der Waals surface area contributed by atoms with E-state index in [0.717, 1.165) is 0 Å². The van der Waals surface area contributed by atoms with Crippen LogP contribution in [0.4, 0.5) is 0 Å². The Hall–Kier alpha value is -1.90. The third-order valence-corrected chi connectivity index (χ3v) is 15.4. The molecule has 0 aromatic rings. The van der Waals surface area contributed by atoms with E-state index < -0.39 is 204 Å². The van der Waals surface area contributed by atoms with Gasteiger partial charge < -0.3 is 114 Å². The lowest BCUT2D eigenvalue weighted by Crippen LogP contribution is -2.64. The maximum absolute atomic E-state index is 13.7. The molecular formula is C49H86O25. The van der Waals surface area contributed by atoms with E-state index in [9.17, 15) is 76.0 Å². The molecule has 5 aliphatic rings. The van der Waals surface area contributed by atoms with Crippen molar-refractivity contribution in [2.75, 3.05) is 19.8 Å². The molecule has 0 spiro atoms. The van der Waals surface area contributed by atoms with Crippen molar-refractivity contribution in [3.63, 3.8) is 0 Å². The standard InChI is InChI=1S/C49H86O25/c1-9-20(5)29(68-32(55)14-25(52)13-30(21(6)10-2)69-49-39(62)36(59)31(16-50)70-49)12-24(51)15-33(56)71-45-34(57)22(7)11-26(19(3)4)43(45)73-48-40(63)37(60)42(23(8)67-48)72-47-41(64)44(28(54)18-66-47)74-46-38(61)35(58)27(53)17-65-46/h19-31,34-54,57-64H,9-18H2,1-8H3/t20-,21-,22?,23?,24-,25-,26?,27?,28?,29-,30-,31?,34?,35?,36?,37?,38?,39?,40?,41?,42?,43?,44?,45?,46?,47?,48?,49?/m0/s1. The minimum Gasteiger partial charge on any atom is -0.462 e. The summed E-state index contributed by atoms with van der Waals surface area (Å²) in [4.78, 5) is 27.0. The molecule has 4 aliphatic heterocycles. The molecule has 5 rings (SSSR count). The summed E-state index contributed by atoms with van der Waals surface area (Å²) in [5.41, 5.74) is 0. The van der Waals surface area contributed by atoms with Gasteiger partial charge in [-0.15, -0.1) is 0 Å². The van der Waals surface area contributed by atoms with Gasteiger partial charge in [-0.1, -0.05) is 61.3 Å². The fourth-order valence-electron chi connectivity index (χ4n) is 10.2. The summed E-state index contributed by atoms with van der Waals surface area (Å²) in [6, 6.07) is 0. The Labute approximate surface area is 431 Å². The van der Waals surface area contributed by atoms with Crippen molar-refractivity contribution >= 4 is 11.9 Å². The van der Waals surface area contributed by atoms with E-state index in [-0.39, 0.29) is 30.6 Å². The van der Waals surface area contributed by atoms with Crippen LogP contribution in [0.3, 0.4) is 0 Å². The Bertz CT molecular complexity index is 1700. The lowest BCUT2D eigenvalue weighted by molar-refractivity contribution is -0.367. The Balaban J connectivity index is 1.18. The van der Waals surface area contributed by atoms with Gasteiger partial charge >= 0.3 is 11.9 Å². The molecule has 432 valence electrons. The minimum absolute atomic E-state index is 0.0651. The van der Waals surface area contributed by atoms with Crippen molar-refractivity contribution in [1.29, 1.82) is 0 Å². The SMILES string of the molecule is CC[C@H](C)[C@H](C[C@H](O)CC(=O)OC1C(O)C(C)CC(C(C)C)C1OC1OC(C)C(OC2OCC(O)C(OC3OCC(O)C(O)C3O)C2O)C(O)C1O)OC(=O)C[C@@H](O)C[C@H](OC1OC(CO)C(O)C1O)[C@@H](C)CC. The number of ether oxygens (including phenoxy) is 10. The fourth-order valence-corrected chi connectivity index (χ4v) is 10.2. The molecule has 0 aromatic heterocycles. The van der Waals surface area contributed by atoms with Gasteiger partial charge in [-0.05, 0) is 42.9 Å².